The van der Waals surface area contributed by atoms with Gasteiger partial charge in [-0.15, -0.1) is 0 Å². The van der Waals surface area contributed by atoms with Gasteiger partial charge in [0.1, 0.15) is 5.75 Å². The second-order valence-corrected chi connectivity index (χ2v) is 6.65. The van der Waals surface area contributed by atoms with E-state index < -0.39 is 0 Å². The summed E-state index contributed by atoms with van der Waals surface area (Å²) < 4.78 is 0. The van der Waals surface area contributed by atoms with Crippen LogP contribution in [-0.2, 0) is 4.79 Å². The van der Waals surface area contributed by atoms with Crippen LogP contribution in [0.5, 0.6) is 5.75 Å². The van der Waals surface area contributed by atoms with Crippen molar-refractivity contribution < 1.29 is 9.90 Å². The largest absolute Gasteiger partial charge is 0.508 e. The molecule has 2 aromatic rings. The zero-order valence-electron chi connectivity index (χ0n) is 14.2. The topological polar surface area (TPSA) is 55.8 Å². The number of piperazine rings is 1. The quantitative estimate of drug-likeness (QED) is 0.880. The molecular weight excluding hydrogens is 338 g/mol. The fourth-order valence-electron chi connectivity index (χ4n) is 2.98. The number of phenols is 1. The summed E-state index contributed by atoms with van der Waals surface area (Å²) in [5, 5.41) is 13.0. The number of phenolic OH excluding ortho intramolecular Hbond substituents is 1. The van der Waals surface area contributed by atoms with Gasteiger partial charge in [0.2, 0.25) is 5.91 Å². The summed E-state index contributed by atoms with van der Waals surface area (Å²) in [4.78, 5) is 16.9. The van der Waals surface area contributed by atoms with E-state index in [2.05, 4.69) is 15.1 Å². The highest BCUT2D eigenvalue weighted by molar-refractivity contribution is 6.30. The van der Waals surface area contributed by atoms with Gasteiger partial charge in [-0.05, 0) is 55.5 Å². The number of nitrogens with one attached hydrogen (secondary N) is 1. The van der Waals surface area contributed by atoms with E-state index in [-0.39, 0.29) is 17.7 Å². The summed E-state index contributed by atoms with van der Waals surface area (Å²) in [7, 11) is 0. The Morgan fingerprint density at radius 1 is 1.04 bits per heavy atom. The molecule has 0 radical (unpaired) electrons. The van der Waals surface area contributed by atoms with E-state index in [1.807, 2.05) is 19.1 Å². The number of aromatic hydroxyl groups is 1. The lowest BCUT2D eigenvalue weighted by atomic mass is 10.2. The third-order valence-corrected chi connectivity index (χ3v) is 4.82. The van der Waals surface area contributed by atoms with Crippen molar-refractivity contribution in [3.63, 3.8) is 0 Å². The minimum atomic E-state index is -0.197. The van der Waals surface area contributed by atoms with Crippen molar-refractivity contribution >= 4 is 28.9 Å². The summed E-state index contributed by atoms with van der Waals surface area (Å²) in [5.74, 6) is 0.260. The molecule has 6 heteroatoms. The fraction of sp³-hybridized carbons (Fsp3) is 0.316. The van der Waals surface area contributed by atoms with Crippen molar-refractivity contribution in [1.82, 2.24) is 4.90 Å². The van der Waals surface area contributed by atoms with E-state index in [9.17, 15) is 9.90 Å². The molecule has 0 spiro atoms. The molecule has 3 rings (SSSR count). The van der Waals surface area contributed by atoms with E-state index in [0.29, 0.717) is 5.02 Å². The van der Waals surface area contributed by atoms with E-state index >= 15 is 0 Å². The van der Waals surface area contributed by atoms with Gasteiger partial charge >= 0.3 is 0 Å². The molecule has 0 unspecified atom stereocenters. The maximum atomic E-state index is 12.5. The normalized spacial score (nSPS) is 16.5. The molecule has 1 amide bonds. The lowest BCUT2D eigenvalue weighted by Crippen LogP contribution is -2.52. The number of hydrogen-bond acceptors (Lipinski definition) is 4. The predicted molar refractivity (Wildman–Crippen MR) is 101 cm³/mol. The van der Waals surface area contributed by atoms with Gasteiger partial charge in [-0.3, -0.25) is 9.69 Å². The number of rotatable bonds is 4. The lowest BCUT2D eigenvalue weighted by molar-refractivity contribution is -0.120. The highest BCUT2D eigenvalue weighted by atomic mass is 35.5. The SMILES string of the molecule is C[C@H](C(=O)Nc1ccc(Cl)cc1)N1CCN(c2ccc(O)cc2)CC1. The molecule has 2 aromatic carbocycles. The van der Waals surface area contributed by atoms with Gasteiger partial charge in [-0.25, -0.2) is 0 Å². The van der Waals surface area contributed by atoms with Gasteiger partial charge < -0.3 is 15.3 Å². The van der Waals surface area contributed by atoms with Crippen molar-refractivity contribution in [2.75, 3.05) is 36.4 Å². The van der Waals surface area contributed by atoms with Gasteiger partial charge in [-0.1, -0.05) is 11.6 Å². The monoisotopic (exact) mass is 359 g/mol. The van der Waals surface area contributed by atoms with Gasteiger partial charge in [0.05, 0.1) is 6.04 Å². The molecular formula is C19H22ClN3O2. The van der Waals surface area contributed by atoms with Gasteiger partial charge in [0, 0.05) is 42.6 Å². The Morgan fingerprint density at radius 2 is 1.64 bits per heavy atom. The summed E-state index contributed by atoms with van der Waals surface area (Å²) in [6, 6.07) is 14.2. The molecule has 1 fully saturated rings. The molecule has 0 aliphatic carbocycles. The van der Waals surface area contributed by atoms with E-state index in [0.717, 1.165) is 37.6 Å². The minimum absolute atomic E-state index is 0.0135. The molecule has 1 aliphatic heterocycles. The summed E-state index contributed by atoms with van der Waals surface area (Å²) in [5.41, 5.74) is 1.85. The molecule has 132 valence electrons. The van der Waals surface area contributed by atoms with Crippen molar-refractivity contribution in [1.29, 1.82) is 0 Å². The standard InChI is InChI=1S/C19H22ClN3O2/c1-14(19(25)21-16-4-2-15(20)3-5-16)22-10-12-23(13-11-22)17-6-8-18(24)9-7-17/h2-9,14,24H,10-13H2,1H3,(H,21,25)/t14-/m1/s1. The van der Waals surface area contributed by atoms with Crippen LogP contribution in [0.4, 0.5) is 11.4 Å². The van der Waals surface area contributed by atoms with E-state index in [1.54, 1.807) is 36.4 Å². The van der Waals surface area contributed by atoms with Crippen LogP contribution in [0, 0.1) is 0 Å². The van der Waals surface area contributed by atoms with Crippen LogP contribution in [0.25, 0.3) is 0 Å². The smallest absolute Gasteiger partial charge is 0.241 e. The third kappa shape index (κ3) is 4.44. The fourth-order valence-corrected chi connectivity index (χ4v) is 3.10. The number of anilines is 2. The Balaban J connectivity index is 1.53. The van der Waals surface area contributed by atoms with Crippen LogP contribution < -0.4 is 10.2 Å². The Bertz CT molecular complexity index is 710. The first-order valence-corrected chi connectivity index (χ1v) is 8.75. The zero-order valence-corrected chi connectivity index (χ0v) is 14.9. The molecule has 0 bridgehead atoms. The average Bonchev–Trinajstić information content (AvgIpc) is 2.64. The number of carbonyl (C=O) groups is 1. The second-order valence-electron chi connectivity index (χ2n) is 6.21. The number of halogens is 1. The molecule has 25 heavy (non-hydrogen) atoms. The van der Waals surface area contributed by atoms with Crippen molar-refractivity contribution in [2.45, 2.75) is 13.0 Å². The number of nitrogens with zero attached hydrogens (tertiary/aromatic N) is 2. The number of amides is 1. The molecule has 1 heterocycles. The molecule has 5 nitrogen and oxygen atoms in total. The Hall–Kier alpha value is -2.24. The minimum Gasteiger partial charge on any atom is -0.508 e. The maximum Gasteiger partial charge on any atom is 0.241 e. The van der Waals surface area contributed by atoms with Crippen LogP contribution in [0.3, 0.4) is 0 Å². The second kappa shape index (κ2) is 7.76. The van der Waals surface area contributed by atoms with Gasteiger partial charge in [-0.2, -0.15) is 0 Å². The van der Waals surface area contributed by atoms with Crippen molar-refractivity contribution in [3.8, 4) is 5.75 Å². The molecule has 2 N–H and O–H groups in total. The molecule has 1 aliphatic rings. The average molecular weight is 360 g/mol. The highest BCUT2D eigenvalue weighted by Crippen LogP contribution is 2.21. The summed E-state index contributed by atoms with van der Waals surface area (Å²) in [6.07, 6.45) is 0. The summed E-state index contributed by atoms with van der Waals surface area (Å²) >= 11 is 5.87. The molecule has 0 saturated carbocycles. The van der Waals surface area contributed by atoms with Crippen LogP contribution in [0.15, 0.2) is 48.5 Å². The van der Waals surface area contributed by atoms with Crippen LogP contribution in [-0.4, -0.2) is 48.1 Å². The maximum absolute atomic E-state index is 12.5. The first kappa shape index (κ1) is 17.6. The summed E-state index contributed by atoms with van der Waals surface area (Å²) in [6.45, 7) is 5.26. The first-order chi connectivity index (χ1) is 12.0. The Kier molecular flexibility index (Phi) is 5.46. The lowest BCUT2D eigenvalue weighted by Gasteiger charge is -2.38. The number of benzene rings is 2. The van der Waals surface area contributed by atoms with Crippen molar-refractivity contribution in [3.05, 3.63) is 53.6 Å². The van der Waals surface area contributed by atoms with Crippen LogP contribution in [0.2, 0.25) is 5.02 Å². The highest BCUT2D eigenvalue weighted by Gasteiger charge is 2.25. The number of hydrogen-bond donors (Lipinski definition) is 2. The third-order valence-electron chi connectivity index (χ3n) is 4.57. The predicted octanol–water partition coefficient (Wildman–Crippen LogP) is 3.19. The zero-order chi connectivity index (χ0) is 17.8. The molecule has 1 saturated heterocycles. The molecule has 0 aromatic heterocycles. The Morgan fingerprint density at radius 3 is 2.24 bits per heavy atom. The van der Waals surface area contributed by atoms with Crippen molar-refractivity contribution in [2.24, 2.45) is 0 Å². The number of carbonyl (C=O) groups excluding carboxylic acids is 1. The van der Waals surface area contributed by atoms with E-state index in [4.69, 9.17) is 11.6 Å². The van der Waals surface area contributed by atoms with Crippen LogP contribution >= 0.6 is 11.6 Å². The van der Waals surface area contributed by atoms with Crippen LogP contribution in [0.1, 0.15) is 6.92 Å². The van der Waals surface area contributed by atoms with Gasteiger partial charge in [0.25, 0.3) is 0 Å². The Labute approximate surface area is 152 Å². The van der Waals surface area contributed by atoms with E-state index in [1.165, 1.54) is 0 Å². The first-order valence-electron chi connectivity index (χ1n) is 8.37. The molecule has 1 atom stereocenters. The van der Waals surface area contributed by atoms with Gasteiger partial charge in [0.15, 0.2) is 0 Å².